The number of carbonyl (C=O) groups is 1. The van der Waals surface area contributed by atoms with Crippen molar-refractivity contribution in [1.82, 2.24) is 0 Å². The summed E-state index contributed by atoms with van der Waals surface area (Å²) in [7, 11) is 0. The van der Waals surface area contributed by atoms with Gasteiger partial charge in [0.1, 0.15) is 29.0 Å². The summed E-state index contributed by atoms with van der Waals surface area (Å²) in [6.07, 6.45) is 0.339. The van der Waals surface area contributed by atoms with Crippen molar-refractivity contribution < 1.29 is 23.8 Å². The maximum atomic E-state index is 13.1. The van der Waals surface area contributed by atoms with E-state index in [0.717, 1.165) is 0 Å². The van der Waals surface area contributed by atoms with E-state index in [0.29, 0.717) is 39.3 Å². The number of carbonyl (C=O) groups excluding carboxylic acids is 1. The number of hydrogen-bond donors (Lipinski definition) is 2. The van der Waals surface area contributed by atoms with E-state index in [-0.39, 0.29) is 23.0 Å². The number of aldehydes is 1. The maximum absolute atomic E-state index is 13.1. The quantitative estimate of drug-likeness (QED) is 0.288. The second kappa shape index (κ2) is 8.73. The predicted octanol–water partition coefficient (Wildman–Crippen LogP) is 5.51. The number of aryl methyl sites for hydroxylation is 2. The van der Waals surface area contributed by atoms with Crippen LogP contribution in [0.15, 0.2) is 42.7 Å². The molecule has 2 N–H and O–H groups in total. The summed E-state index contributed by atoms with van der Waals surface area (Å²) in [5.74, 6) is -2.57. The largest absolute Gasteiger partial charge is 0.507 e. The highest BCUT2D eigenvalue weighted by Gasteiger charge is 2.32. The monoisotopic (exact) mass is 476 g/mol. The van der Waals surface area contributed by atoms with Gasteiger partial charge in [0.2, 0.25) is 0 Å². The first-order valence-electron chi connectivity index (χ1n) is 11.5. The first-order chi connectivity index (χ1) is 16.5. The highest BCUT2D eigenvalue weighted by atomic mass is 16.4. The molecule has 7 heteroatoms. The van der Waals surface area contributed by atoms with Crippen molar-refractivity contribution in [3.63, 3.8) is 0 Å². The molecule has 0 aliphatic heterocycles. The van der Waals surface area contributed by atoms with Crippen molar-refractivity contribution in [3.8, 4) is 11.5 Å². The molecule has 4 aromatic rings. The van der Waals surface area contributed by atoms with Gasteiger partial charge in [-0.15, -0.1) is 0 Å². The Kier molecular flexibility index (Phi) is 6.05. The van der Waals surface area contributed by atoms with Crippen LogP contribution in [0, 0.1) is 13.8 Å². The zero-order chi connectivity index (χ0) is 25.8. The standard InChI is InChI=1S/C28H28O7/c1-12(2)16-9-7-14(5)25-19(16)23(30)21(27(32)34-25)18(11-29)22-24(31)20-17(13(3)4)10-8-15(6)26(20)35-28(22)33/h7-13,18,30-31H,1-6H3. The Morgan fingerprint density at radius 1 is 0.714 bits per heavy atom. The highest BCUT2D eigenvalue weighted by Crippen LogP contribution is 2.42. The molecule has 0 atom stereocenters. The summed E-state index contributed by atoms with van der Waals surface area (Å²) in [6.45, 7) is 11.2. The summed E-state index contributed by atoms with van der Waals surface area (Å²) in [5, 5.41) is 23.2. The van der Waals surface area contributed by atoms with Gasteiger partial charge in [0.15, 0.2) is 0 Å². The van der Waals surface area contributed by atoms with Crippen molar-refractivity contribution in [2.45, 2.75) is 59.3 Å². The molecule has 2 aromatic heterocycles. The van der Waals surface area contributed by atoms with E-state index in [1.54, 1.807) is 26.0 Å². The zero-order valence-corrected chi connectivity index (χ0v) is 20.6. The lowest BCUT2D eigenvalue weighted by molar-refractivity contribution is -0.108. The second-order valence-corrected chi connectivity index (χ2v) is 9.58. The SMILES string of the molecule is Cc1ccc(C(C)C)c2c(O)c(C(C=O)c3c(O)c4c(C(C)C)ccc(C)c4oc3=O)c(=O)oc12. The van der Waals surface area contributed by atoms with Gasteiger partial charge in [-0.3, -0.25) is 0 Å². The minimum Gasteiger partial charge on any atom is -0.507 e. The van der Waals surface area contributed by atoms with E-state index in [4.69, 9.17) is 8.83 Å². The molecule has 0 fully saturated rings. The predicted molar refractivity (Wildman–Crippen MR) is 134 cm³/mol. The molecule has 4 rings (SSSR count). The van der Waals surface area contributed by atoms with E-state index in [1.165, 1.54) is 0 Å². The molecule has 0 radical (unpaired) electrons. The van der Waals surface area contributed by atoms with E-state index >= 15 is 0 Å². The van der Waals surface area contributed by atoms with Crippen molar-refractivity contribution in [3.05, 3.63) is 78.5 Å². The summed E-state index contributed by atoms with van der Waals surface area (Å²) in [6, 6.07) is 7.22. The van der Waals surface area contributed by atoms with Gasteiger partial charge in [-0.25, -0.2) is 9.59 Å². The third kappa shape index (κ3) is 3.71. The maximum Gasteiger partial charge on any atom is 0.344 e. The fourth-order valence-electron chi connectivity index (χ4n) is 4.70. The third-order valence-electron chi connectivity index (χ3n) is 6.59. The Morgan fingerprint density at radius 2 is 1.09 bits per heavy atom. The minimum atomic E-state index is -1.60. The van der Waals surface area contributed by atoms with Gasteiger partial charge in [-0.05, 0) is 47.9 Å². The highest BCUT2D eigenvalue weighted by molar-refractivity contribution is 5.94. The molecule has 0 unspecified atom stereocenters. The zero-order valence-electron chi connectivity index (χ0n) is 20.6. The molecule has 7 nitrogen and oxygen atoms in total. The van der Waals surface area contributed by atoms with Crippen LogP contribution in [0.2, 0.25) is 0 Å². The normalized spacial score (nSPS) is 11.9. The first kappa shape index (κ1) is 24.3. The van der Waals surface area contributed by atoms with Crippen LogP contribution in [0.3, 0.4) is 0 Å². The lowest BCUT2D eigenvalue weighted by Gasteiger charge is -2.19. The molecule has 0 saturated carbocycles. The number of fused-ring (bicyclic) bond motifs is 2. The van der Waals surface area contributed by atoms with Crippen molar-refractivity contribution in [2.24, 2.45) is 0 Å². The minimum absolute atomic E-state index is 0.0325. The van der Waals surface area contributed by atoms with Crippen LogP contribution in [0.25, 0.3) is 21.9 Å². The number of rotatable bonds is 5. The Morgan fingerprint density at radius 3 is 1.40 bits per heavy atom. The third-order valence-corrected chi connectivity index (χ3v) is 6.59. The topological polar surface area (TPSA) is 118 Å². The molecule has 182 valence electrons. The molecule has 0 amide bonds. The lowest BCUT2D eigenvalue weighted by Crippen LogP contribution is -2.21. The van der Waals surface area contributed by atoms with Gasteiger partial charge >= 0.3 is 11.3 Å². The van der Waals surface area contributed by atoms with E-state index in [1.807, 2.05) is 39.8 Å². The Balaban J connectivity index is 2.13. The van der Waals surface area contributed by atoms with Crippen molar-refractivity contribution >= 4 is 28.2 Å². The Bertz CT molecular complexity index is 1490. The van der Waals surface area contributed by atoms with E-state index in [9.17, 15) is 24.6 Å². The van der Waals surface area contributed by atoms with Crippen LogP contribution in [-0.4, -0.2) is 16.5 Å². The van der Waals surface area contributed by atoms with Crippen LogP contribution in [0.4, 0.5) is 0 Å². The first-order valence-corrected chi connectivity index (χ1v) is 11.5. The van der Waals surface area contributed by atoms with Crippen molar-refractivity contribution in [2.75, 3.05) is 0 Å². The van der Waals surface area contributed by atoms with Gasteiger partial charge in [0, 0.05) is 0 Å². The van der Waals surface area contributed by atoms with Crippen LogP contribution in [0.5, 0.6) is 11.5 Å². The molecule has 0 spiro atoms. The Labute approximate surface area is 201 Å². The van der Waals surface area contributed by atoms with Crippen LogP contribution >= 0.6 is 0 Å². The summed E-state index contributed by atoms with van der Waals surface area (Å²) in [4.78, 5) is 38.5. The molecule has 0 aliphatic carbocycles. The second-order valence-electron chi connectivity index (χ2n) is 9.58. The van der Waals surface area contributed by atoms with Gasteiger partial charge in [-0.1, -0.05) is 52.0 Å². The van der Waals surface area contributed by atoms with Crippen molar-refractivity contribution in [1.29, 1.82) is 0 Å². The summed E-state index contributed by atoms with van der Waals surface area (Å²) in [5.41, 5.74) is 0.343. The number of benzene rings is 2. The van der Waals surface area contributed by atoms with E-state index < -0.39 is 39.8 Å². The smallest absolute Gasteiger partial charge is 0.344 e. The molecule has 2 heterocycles. The molecule has 0 saturated heterocycles. The molecule has 2 aromatic carbocycles. The van der Waals surface area contributed by atoms with Gasteiger partial charge < -0.3 is 23.8 Å². The molecular formula is C28H28O7. The Hall–Kier alpha value is -3.87. The summed E-state index contributed by atoms with van der Waals surface area (Å²) < 4.78 is 11.1. The van der Waals surface area contributed by atoms with Gasteiger partial charge in [-0.2, -0.15) is 0 Å². The fraction of sp³-hybridized carbons (Fsp3) is 0.321. The van der Waals surface area contributed by atoms with Crippen LogP contribution in [0.1, 0.15) is 78.8 Å². The van der Waals surface area contributed by atoms with Crippen LogP contribution in [-0.2, 0) is 4.79 Å². The average Bonchev–Trinajstić information content (AvgIpc) is 2.78. The molecular weight excluding hydrogens is 448 g/mol. The van der Waals surface area contributed by atoms with Crippen LogP contribution < -0.4 is 11.3 Å². The summed E-state index contributed by atoms with van der Waals surface area (Å²) >= 11 is 0. The number of hydrogen-bond acceptors (Lipinski definition) is 7. The molecule has 0 bridgehead atoms. The van der Waals surface area contributed by atoms with Gasteiger partial charge in [0.05, 0.1) is 27.8 Å². The van der Waals surface area contributed by atoms with Gasteiger partial charge in [0.25, 0.3) is 0 Å². The fourth-order valence-corrected chi connectivity index (χ4v) is 4.70. The average molecular weight is 477 g/mol. The lowest BCUT2D eigenvalue weighted by atomic mass is 9.88. The number of aromatic hydroxyl groups is 2. The molecule has 35 heavy (non-hydrogen) atoms. The molecule has 0 aliphatic rings. The van der Waals surface area contributed by atoms with E-state index in [2.05, 4.69) is 0 Å².